The molecule has 0 aromatic heterocycles. The maximum absolute atomic E-state index is 5.78. The molecule has 0 aliphatic carbocycles. The highest BCUT2D eigenvalue weighted by molar-refractivity contribution is 5.84. The van der Waals surface area contributed by atoms with E-state index in [1.807, 2.05) is 66.7 Å². The highest BCUT2D eigenvalue weighted by Gasteiger charge is 2.12. The highest BCUT2D eigenvalue weighted by atomic mass is 16.5. The van der Waals surface area contributed by atoms with E-state index in [-0.39, 0.29) is 0 Å². The second-order valence-corrected chi connectivity index (χ2v) is 5.63. The van der Waals surface area contributed by atoms with E-state index in [0.717, 1.165) is 22.7 Å². The zero-order valence-electron chi connectivity index (χ0n) is 15.5. The van der Waals surface area contributed by atoms with Crippen LogP contribution in [0.1, 0.15) is 5.56 Å². The Hall–Kier alpha value is -3.47. The van der Waals surface area contributed by atoms with Gasteiger partial charge in [-0.05, 0) is 48.5 Å². The van der Waals surface area contributed by atoms with Crippen molar-refractivity contribution >= 4 is 11.9 Å². The van der Waals surface area contributed by atoms with Crippen LogP contribution in [0.2, 0.25) is 0 Å². The van der Waals surface area contributed by atoms with Crippen molar-refractivity contribution in [3.8, 4) is 28.7 Å². The Morgan fingerprint density at radius 2 is 1.30 bits per heavy atom. The summed E-state index contributed by atoms with van der Waals surface area (Å²) in [5, 5.41) is 0. The molecular formula is C22H21NO4. The first-order valence-electron chi connectivity index (χ1n) is 8.40. The van der Waals surface area contributed by atoms with Crippen molar-refractivity contribution in [2.45, 2.75) is 0 Å². The average molecular weight is 363 g/mol. The van der Waals surface area contributed by atoms with Crippen LogP contribution >= 0.6 is 0 Å². The minimum absolute atomic E-state index is 0.555. The van der Waals surface area contributed by atoms with Gasteiger partial charge < -0.3 is 18.9 Å². The fourth-order valence-electron chi connectivity index (χ4n) is 2.55. The lowest BCUT2D eigenvalue weighted by Gasteiger charge is -2.12. The maximum Gasteiger partial charge on any atom is 0.203 e. The second kappa shape index (κ2) is 8.76. The van der Waals surface area contributed by atoms with Crippen LogP contribution in [-0.4, -0.2) is 27.5 Å². The third-order valence-corrected chi connectivity index (χ3v) is 3.87. The maximum atomic E-state index is 5.78. The predicted octanol–water partition coefficient (Wildman–Crippen LogP) is 5.26. The van der Waals surface area contributed by atoms with Gasteiger partial charge in [-0.25, -0.2) is 0 Å². The minimum Gasteiger partial charge on any atom is -0.493 e. The van der Waals surface area contributed by atoms with E-state index >= 15 is 0 Å². The standard InChI is InChI=1S/C22H21NO4/c1-24-20-13-16(14-21(25-2)22(20)26-3)15-23-17-9-11-19(12-10-17)27-18-7-5-4-6-8-18/h4-15H,1-3H3. The van der Waals surface area contributed by atoms with Gasteiger partial charge >= 0.3 is 0 Å². The number of nitrogens with zero attached hydrogens (tertiary/aromatic N) is 1. The van der Waals surface area contributed by atoms with Gasteiger partial charge in [0.25, 0.3) is 0 Å². The summed E-state index contributed by atoms with van der Waals surface area (Å²) in [6.07, 6.45) is 1.75. The third-order valence-electron chi connectivity index (χ3n) is 3.87. The third kappa shape index (κ3) is 4.58. The summed E-state index contributed by atoms with van der Waals surface area (Å²) < 4.78 is 21.8. The van der Waals surface area contributed by atoms with E-state index in [4.69, 9.17) is 18.9 Å². The Morgan fingerprint density at radius 1 is 0.704 bits per heavy atom. The molecule has 138 valence electrons. The summed E-state index contributed by atoms with van der Waals surface area (Å²) in [4.78, 5) is 4.50. The van der Waals surface area contributed by atoms with Crippen LogP contribution in [-0.2, 0) is 0 Å². The summed E-state index contributed by atoms with van der Waals surface area (Å²) in [7, 11) is 4.75. The zero-order chi connectivity index (χ0) is 19.1. The number of para-hydroxylation sites is 1. The fourth-order valence-corrected chi connectivity index (χ4v) is 2.55. The molecule has 0 saturated carbocycles. The molecule has 0 aliphatic heterocycles. The molecular weight excluding hydrogens is 342 g/mol. The van der Waals surface area contributed by atoms with Gasteiger partial charge in [-0.1, -0.05) is 18.2 Å². The average Bonchev–Trinajstić information content (AvgIpc) is 2.73. The van der Waals surface area contributed by atoms with Gasteiger partial charge in [0.05, 0.1) is 27.0 Å². The molecule has 0 bridgehead atoms. The first kappa shape index (κ1) is 18.3. The molecule has 0 fully saturated rings. The molecule has 3 aromatic rings. The van der Waals surface area contributed by atoms with Crippen molar-refractivity contribution in [2.75, 3.05) is 21.3 Å². The lowest BCUT2D eigenvalue weighted by molar-refractivity contribution is 0.324. The SMILES string of the molecule is COc1cc(C=Nc2ccc(Oc3ccccc3)cc2)cc(OC)c1OC. The van der Waals surface area contributed by atoms with Crippen LogP contribution in [0.15, 0.2) is 71.7 Å². The molecule has 0 amide bonds. The predicted molar refractivity (Wildman–Crippen MR) is 106 cm³/mol. The van der Waals surface area contributed by atoms with Crippen LogP contribution in [0, 0.1) is 0 Å². The molecule has 0 atom stereocenters. The van der Waals surface area contributed by atoms with Gasteiger partial charge in [-0.3, -0.25) is 4.99 Å². The lowest BCUT2D eigenvalue weighted by atomic mass is 10.2. The summed E-state index contributed by atoms with van der Waals surface area (Å²) in [6.45, 7) is 0. The number of hydrogen-bond donors (Lipinski definition) is 0. The quantitative estimate of drug-likeness (QED) is 0.538. The highest BCUT2D eigenvalue weighted by Crippen LogP contribution is 2.37. The van der Waals surface area contributed by atoms with Crippen LogP contribution < -0.4 is 18.9 Å². The molecule has 0 saturated heterocycles. The largest absolute Gasteiger partial charge is 0.493 e. The normalized spacial score (nSPS) is 10.6. The van der Waals surface area contributed by atoms with Crippen LogP contribution in [0.5, 0.6) is 28.7 Å². The van der Waals surface area contributed by atoms with Gasteiger partial charge in [-0.15, -0.1) is 0 Å². The zero-order valence-corrected chi connectivity index (χ0v) is 15.5. The summed E-state index contributed by atoms with van der Waals surface area (Å²) in [5.74, 6) is 3.29. The van der Waals surface area contributed by atoms with Crippen molar-refractivity contribution in [3.05, 3.63) is 72.3 Å². The van der Waals surface area contributed by atoms with E-state index in [1.54, 1.807) is 27.5 Å². The Balaban J connectivity index is 1.76. The first-order chi connectivity index (χ1) is 13.2. The van der Waals surface area contributed by atoms with Gasteiger partial charge in [0.2, 0.25) is 5.75 Å². The number of aliphatic imine (C=N–C) groups is 1. The Morgan fingerprint density at radius 3 is 1.85 bits per heavy atom. The van der Waals surface area contributed by atoms with Gasteiger partial charge in [-0.2, -0.15) is 0 Å². The fraction of sp³-hybridized carbons (Fsp3) is 0.136. The second-order valence-electron chi connectivity index (χ2n) is 5.63. The van der Waals surface area contributed by atoms with Crippen molar-refractivity contribution in [1.82, 2.24) is 0 Å². The minimum atomic E-state index is 0.555. The van der Waals surface area contributed by atoms with E-state index in [2.05, 4.69) is 4.99 Å². The number of hydrogen-bond acceptors (Lipinski definition) is 5. The van der Waals surface area contributed by atoms with Crippen molar-refractivity contribution in [1.29, 1.82) is 0 Å². The number of benzene rings is 3. The van der Waals surface area contributed by atoms with E-state index in [1.165, 1.54) is 0 Å². The van der Waals surface area contributed by atoms with Gasteiger partial charge in [0.15, 0.2) is 11.5 Å². The number of methoxy groups -OCH3 is 3. The van der Waals surface area contributed by atoms with Crippen LogP contribution in [0.4, 0.5) is 5.69 Å². The first-order valence-corrected chi connectivity index (χ1v) is 8.40. The van der Waals surface area contributed by atoms with E-state index in [9.17, 15) is 0 Å². The van der Waals surface area contributed by atoms with E-state index < -0.39 is 0 Å². The summed E-state index contributed by atoms with van der Waals surface area (Å²) in [5.41, 5.74) is 1.65. The molecule has 0 spiro atoms. The molecule has 0 aliphatic rings. The molecule has 0 radical (unpaired) electrons. The molecule has 3 rings (SSSR count). The monoisotopic (exact) mass is 363 g/mol. The Bertz CT molecular complexity index is 880. The number of rotatable bonds is 7. The Labute approximate surface area is 158 Å². The van der Waals surface area contributed by atoms with Crippen molar-refractivity contribution in [3.63, 3.8) is 0 Å². The van der Waals surface area contributed by atoms with Crippen molar-refractivity contribution in [2.24, 2.45) is 4.99 Å². The Kier molecular flexibility index (Phi) is 5.94. The van der Waals surface area contributed by atoms with Gasteiger partial charge in [0, 0.05) is 11.8 Å². The molecule has 3 aromatic carbocycles. The molecule has 0 N–H and O–H groups in total. The summed E-state index contributed by atoms with van der Waals surface area (Å²) in [6, 6.07) is 20.9. The van der Waals surface area contributed by atoms with Gasteiger partial charge in [0.1, 0.15) is 11.5 Å². The molecule has 5 nitrogen and oxygen atoms in total. The number of ether oxygens (including phenoxy) is 4. The van der Waals surface area contributed by atoms with E-state index in [0.29, 0.717) is 17.2 Å². The smallest absolute Gasteiger partial charge is 0.203 e. The summed E-state index contributed by atoms with van der Waals surface area (Å²) >= 11 is 0. The van der Waals surface area contributed by atoms with Crippen LogP contribution in [0.25, 0.3) is 0 Å². The molecule has 0 unspecified atom stereocenters. The lowest BCUT2D eigenvalue weighted by Crippen LogP contribution is -1.96. The van der Waals surface area contributed by atoms with Crippen molar-refractivity contribution < 1.29 is 18.9 Å². The topological polar surface area (TPSA) is 49.3 Å². The molecule has 0 heterocycles. The molecule has 5 heteroatoms. The van der Waals surface area contributed by atoms with Crippen LogP contribution in [0.3, 0.4) is 0 Å². The molecule has 27 heavy (non-hydrogen) atoms.